The number of hydrogen-bond acceptors (Lipinski definition) is 3. The van der Waals surface area contributed by atoms with Crippen LogP contribution in [0.5, 0.6) is 0 Å². The molecule has 2 aromatic rings. The molecule has 0 unspecified atom stereocenters. The zero-order valence-corrected chi connectivity index (χ0v) is 13.4. The lowest BCUT2D eigenvalue weighted by atomic mass is 10.1. The lowest BCUT2D eigenvalue weighted by Gasteiger charge is -2.12. The first-order chi connectivity index (χ1) is 9.97. The number of esters is 1. The topological polar surface area (TPSA) is 43.4 Å². The van der Waals surface area contributed by atoms with Gasteiger partial charge in [0, 0.05) is 10.0 Å². The molecular weight excluding hydrogens is 332 g/mol. The van der Waals surface area contributed by atoms with E-state index in [-0.39, 0.29) is 5.78 Å². The highest BCUT2D eigenvalue weighted by Gasteiger charge is 2.20. The number of carbonyl (C=O) groups excluding carboxylic acids is 2. The Kier molecular flexibility index (Phi) is 4.91. The van der Waals surface area contributed by atoms with E-state index in [4.69, 9.17) is 4.74 Å². The number of hydrogen-bond donors (Lipinski definition) is 0. The average molecular weight is 347 g/mol. The summed E-state index contributed by atoms with van der Waals surface area (Å²) < 4.78 is 6.02. The molecule has 1 atom stereocenters. The first kappa shape index (κ1) is 15.4. The number of Topliss-reactive ketones (excluding diaryl/α,β-unsaturated/α-hetero) is 1. The summed E-state index contributed by atoms with van der Waals surface area (Å²) in [6.07, 6.45) is -0.820. The second-order valence-electron chi connectivity index (χ2n) is 4.79. The SMILES string of the molecule is Cc1ccc(C(=O)[C@H](C)OC(=O)c2cccc(Br)c2)cc1. The summed E-state index contributed by atoms with van der Waals surface area (Å²) in [5.41, 5.74) is 2.02. The van der Waals surface area contributed by atoms with Gasteiger partial charge in [0.2, 0.25) is 5.78 Å². The maximum absolute atomic E-state index is 12.2. The second-order valence-corrected chi connectivity index (χ2v) is 5.70. The summed E-state index contributed by atoms with van der Waals surface area (Å²) in [6, 6.07) is 14.1. The maximum atomic E-state index is 12.2. The smallest absolute Gasteiger partial charge is 0.338 e. The largest absolute Gasteiger partial charge is 0.451 e. The summed E-state index contributed by atoms with van der Waals surface area (Å²) in [4.78, 5) is 24.2. The van der Waals surface area contributed by atoms with Gasteiger partial charge in [0.1, 0.15) is 0 Å². The highest BCUT2D eigenvalue weighted by molar-refractivity contribution is 9.10. The predicted octanol–water partition coefficient (Wildman–Crippen LogP) is 4.19. The van der Waals surface area contributed by atoms with Gasteiger partial charge in [-0.05, 0) is 32.0 Å². The van der Waals surface area contributed by atoms with Crippen molar-refractivity contribution >= 4 is 27.7 Å². The van der Waals surface area contributed by atoms with Crippen molar-refractivity contribution in [3.05, 3.63) is 69.7 Å². The molecule has 2 rings (SSSR count). The van der Waals surface area contributed by atoms with Crippen molar-refractivity contribution in [2.45, 2.75) is 20.0 Å². The normalized spacial score (nSPS) is 11.8. The van der Waals surface area contributed by atoms with Crippen LogP contribution in [0.1, 0.15) is 33.2 Å². The van der Waals surface area contributed by atoms with Crippen LogP contribution < -0.4 is 0 Å². The van der Waals surface area contributed by atoms with Crippen molar-refractivity contribution in [2.75, 3.05) is 0 Å². The van der Waals surface area contributed by atoms with Gasteiger partial charge in [0.15, 0.2) is 6.10 Å². The fourth-order valence-electron chi connectivity index (χ4n) is 1.85. The summed E-state index contributed by atoms with van der Waals surface area (Å²) in [6.45, 7) is 3.53. The highest BCUT2D eigenvalue weighted by Crippen LogP contribution is 2.14. The molecule has 0 saturated carbocycles. The standard InChI is InChI=1S/C17H15BrO3/c1-11-6-8-13(9-7-11)16(19)12(2)21-17(20)14-4-3-5-15(18)10-14/h3-10,12H,1-2H3/t12-/m0/s1. The van der Waals surface area contributed by atoms with E-state index in [1.165, 1.54) is 0 Å². The molecule has 0 N–H and O–H groups in total. The van der Waals surface area contributed by atoms with Gasteiger partial charge < -0.3 is 4.74 Å². The van der Waals surface area contributed by atoms with Gasteiger partial charge in [-0.25, -0.2) is 4.79 Å². The number of ketones is 1. The van der Waals surface area contributed by atoms with E-state index in [2.05, 4.69) is 15.9 Å². The van der Waals surface area contributed by atoms with E-state index in [0.29, 0.717) is 11.1 Å². The highest BCUT2D eigenvalue weighted by atomic mass is 79.9. The van der Waals surface area contributed by atoms with Gasteiger partial charge in [0.25, 0.3) is 0 Å². The Hall–Kier alpha value is -1.94. The first-order valence-corrected chi connectivity index (χ1v) is 7.34. The summed E-state index contributed by atoms with van der Waals surface area (Å²) in [7, 11) is 0. The molecule has 108 valence electrons. The Morgan fingerprint density at radius 3 is 2.33 bits per heavy atom. The molecule has 0 radical (unpaired) electrons. The number of aryl methyl sites for hydroxylation is 1. The molecule has 4 heteroatoms. The van der Waals surface area contributed by atoms with Gasteiger partial charge in [-0.2, -0.15) is 0 Å². The van der Waals surface area contributed by atoms with Crippen molar-refractivity contribution in [1.29, 1.82) is 0 Å². The molecule has 21 heavy (non-hydrogen) atoms. The predicted molar refractivity (Wildman–Crippen MR) is 84.5 cm³/mol. The van der Waals surface area contributed by atoms with E-state index in [1.807, 2.05) is 25.1 Å². The number of halogens is 1. The molecule has 0 aliphatic carbocycles. The van der Waals surface area contributed by atoms with E-state index < -0.39 is 12.1 Å². The van der Waals surface area contributed by atoms with Gasteiger partial charge in [-0.1, -0.05) is 51.8 Å². The Morgan fingerprint density at radius 2 is 1.71 bits per heavy atom. The number of rotatable bonds is 4. The fourth-order valence-corrected chi connectivity index (χ4v) is 2.25. The van der Waals surface area contributed by atoms with Crippen LogP contribution in [0.4, 0.5) is 0 Å². The van der Waals surface area contributed by atoms with Crippen LogP contribution in [0.15, 0.2) is 53.0 Å². The van der Waals surface area contributed by atoms with E-state index in [1.54, 1.807) is 37.3 Å². The van der Waals surface area contributed by atoms with Gasteiger partial charge in [-0.3, -0.25) is 4.79 Å². The minimum Gasteiger partial charge on any atom is -0.451 e. The van der Waals surface area contributed by atoms with Crippen molar-refractivity contribution in [3.8, 4) is 0 Å². The lowest BCUT2D eigenvalue weighted by Crippen LogP contribution is -2.24. The molecule has 0 heterocycles. The van der Waals surface area contributed by atoms with Crippen molar-refractivity contribution in [1.82, 2.24) is 0 Å². The van der Waals surface area contributed by atoms with Crippen LogP contribution in [0.2, 0.25) is 0 Å². The summed E-state index contributed by atoms with van der Waals surface area (Å²) in [5.74, 6) is -0.720. The van der Waals surface area contributed by atoms with Crippen LogP contribution in [-0.2, 0) is 4.74 Å². The zero-order valence-electron chi connectivity index (χ0n) is 11.8. The molecule has 0 fully saturated rings. The molecule has 0 bridgehead atoms. The fraction of sp³-hybridized carbons (Fsp3) is 0.176. The van der Waals surface area contributed by atoms with Gasteiger partial charge >= 0.3 is 5.97 Å². The maximum Gasteiger partial charge on any atom is 0.338 e. The van der Waals surface area contributed by atoms with Crippen LogP contribution in [0.25, 0.3) is 0 Å². The third-order valence-electron chi connectivity index (χ3n) is 3.05. The monoisotopic (exact) mass is 346 g/mol. The van der Waals surface area contributed by atoms with Crippen LogP contribution in [-0.4, -0.2) is 17.9 Å². The third-order valence-corrected chi connectivity index (χ3v) is 3.54. The molecular formula is C17H15BrO3. The minimum absolute atomic E-state index is 0.210. The number of carbonyl (C=O) groups is 2. The quantitative estimate of drug-likeness (QED) is 0.615. The molecule has 3 nitrogen and oxygen atoms in total. The van der Waals surface area contributed by atoms with E-state index in [9.17, 15) is 9.59 Å². The van der Waals surface area contributed by atoms with Gasteiger partial charge in [0.05, 0.1) is 5.56 Å². The molecule has 0 aromatic heterocycles. The molecule has 0 saturated heterocycles. The zero-order chi connectivity index (χ0) is 15.4. The molecule has 0 aliphatic heterocycles. The Balaban J connectivity index is 2.07. The lowest BCUT2D eigenvalue weighted by molar-refractivity contribution is 0.0318. The molecule has 2 aromatic carbocycles. The van der Waals surface area contributed by atoms with Gasteiger partial charge in [-0.15, -0.1) is 0 Å². The third kappa shape index (κ3) is 4.02. The van der Waals surface area contributed by atoms with Crippen LogP contribution >= 0.6 is 15.9 Å². The molecule has 0 amide bonds. The van der Waals surface area contributed by atoms with Crippen molar-refractivity contribution in [3.63, 3.8) is 0 Å². The minimum atomic E-state index is -0.820. The molecule has 0 aliphatic rings. The van der Waals surface area contributed by atoms with Crippen LogP contribution in [0, 0.1) is 6.92 Å². The van der Waals surface area contributed by atoms with Crippen LogP contribution in [0.3, 0.4) is 0 Å². The first-order valence-electron chi connectivity index (χ1n) is 6.55. The average Bonchev–Trinajstić information content (AvgIpc) is 2.47. The number of benzene rings is 2. The number of ether oxygens (including phenoxy) is 1. The summed E-state index contributed by atoms with van der Waals surface area (Å²) >= 11 is 3.29. The Labute approximate surface area is 132 Å². The summed E-state index contributed by atoms with van der Waals surface area (Å²) in [5, 5.41) is 0. The van der Waals surface area contributed by atoms with E-state index >= 15 is 0 Å². The van der Waals surface area contributed by atoms with Crippen molar-refractivity contribution in [2.24, 2.45) is 0 Å². The van der Waals surface area contributed by atoms with Crippen molar-refractivity contribution < 1.29 is 14.3 Å². The Morgan fingerprint density at radius 1 is 1.05 bits per heavy atom. The second kappa shape index (κ2) is 6.68. The van der Waals surface area contributed by atoms with E-state index in [0.717, 1.165) is 10.0 Å². The molecule has 0 spiro atoms. The Bertz CT molecular complexity index is 662.